The molecule has 0 bridgehead atoms. The second kappa shape index (κ2) is 6.43. The van der Waals surface area contributed by atoms with E-state index in [1.54, 1.807) is 12.1 Å². The molecule has 8 heteroatoms. The highest BCUT2D eigenvalue weighted by molar-refractivity contribution is 7.92. The number of methoxy groups -OCH3 is 1. The normalized spacial score (nSPS) is 11.9. The molecule has 0 aliphatic carbocycles. The van der Waals surface area contributed by atoms with Gasteiger partial charge in [0.05, 0.1) is 24.7 Å². The maximum Gasteiger partial charge on any atom is 0.302 e. The van der Waals surface area contributed by atoms with Gasteiger partial charge in [-0.25, -0.2) is 8.42 Å². The van der Waals surface area contributed by atoms with Crippen LogP contribution in [-0.4, -0.2) is 34.4 Å². The summed E-state index contributed by atoms with van der Waals surface area (Å²) in [6.07, 6.45) is 1.04. The number of esters is 1. The summed E-state index contributed by atoms with van der Waals surface area (Å²) in [6.45, 7) is 5.20. The van der Waals surface area contributed by atoms with Crippen molar-refractivity contribution < 1.29 is 22.7 Å². The number of carbonyl (C=O) groups is 1. The van der Waals surface area contributed by atoms with Crippen molar-refractivity contribution >= 4 is 27.4 Å². The lowest BCUT2D eigenvalue weighted by atomic mass is 9.85. The number of sulfonamides is 1. The fourth-order valence-electron chi connectivity index (χ4n) is 1.91. The lowest BCUT2D eigenvalue weighted by Gasteiger charge is -2.26. The third-order valence-electron chi connectivity index (χ3n) is 3.03. The molecule has 0 unspecified atom stereocenters. The van der Waals surface area contributed by atoms with Crippen LogP contribution in [0.4, 0.5) is 11.4 Å². The van der Waals surface area contributed by atoms with E-state index in [-0.39, 0.29) is 24.0 Å². The van der Waals surface area contributed by atoms with Crippen molar-refractivity contribution in [3.05, 3.63) is 17.7 Å². The minimum Gasteiger partial charge on any atom is -0.492 e. The number of nitrogens with one attached hydrogen (secondary N) is 1. The lowest BCUT2D eigenvalue weighted by Crippen LogP contribution is -2.26. The molecule has 0 aliphatic rings. The molecule has 0 aromatic heterocycles. The zero-order chi connectivity index (χ0) is 17.1. The first-order valence-electron chi connectivity index (χ1n) is 6.55. The minimum absolute atomic E-state index is 0.145. The molecule has 0 heterocycles. The molecule has 0 aliphatic heterocycles. The van der Waals surface area contributed by atoms with E-state index in [0.717, 1.165) is 11.8 Å². The Kier molecular flexibility index (Phi) is 5.29. The third-order valence-corrected chi connectivity index (χ3v) is 3.63. The number of nitrogen functional groups attached to an aromatic ring is 1. The Labute approximate surface area is 130 Å². The zero-order valence-electron chi connectivity index (χ0n) is 13.4. The van der Waals surface area contributed by atoms with Gasteiger partial charge in [-0.2, -0.15) is 0 Å². The lowest BCUT2D eigenvalue weighted by molar-refractivity contribution is -0.142. The van der Waals surface area contributed by atoms with Gasteiger partial charge in [0.25, 0.3) is 0 Å². The number of anilines is 2. The molecule has 0 radical (unpaired) electrons. The second-order valence-corrected chi connectivity index (χ2v) is 7.43. The summed E-state index contributed by atoms with van der Waals surface area (Å²) in [4.78, 5) is 11.0. The van der Waals surface area contributed by atoms with Crippen molar-refractivity contribution in [3.63, 3.8) is 0 Å². The predicted molar refractivity (Wildman–Crippen MR) is 85.5 cm³/mol. The van der Waals surface area contributed by atoms with Crippen molar-refractivity contribution in [2.24, 2.45) is 0 Å². The van der Waals surface area contributed by atoms with Gasteiger partial charge < -0.3 is 15.2 Å². The molecule has 124 valence electrons. The minimum atomic E-state index is -3.49. The molecule has 1 aromatic rings. The molecule has 0 saturated heterocycles. The van der Waals surface area contributed by atoms with Crippen LogP contribution in [0.1, 0.15) is 26.3 Å². The summed E-state index contributed by atoms with van der Waals surface area (Å²) in [5.74, 6) is -0.137. The van der Waals surface area contributed by atoms with E-state index in [4.69, 9.17) is 15.2 Å². The molecule has 0 fully saturated rings. The summed E-state index contributed by atoms with van der Waals surface area (Å²) in [7, 11) is -2.08. The van der Waals surface area contributed by atoms with E-state index < -0.39 is 15.4 Å². The van der Waals surface area contributed by atoms with E-state index in [1.807, 2.05) is 13.8 Å². The van der Waals surface area contributed by atoms with Crippen LogP contribution < -0.4 is 15.2 Å². The number of hydrogen-bond donors (Lipinski definition) is 2. The van der Waals surface area contributed by atoms with E-state index in [0.29, 0.717) is 5.69 Å². The van der Waals surface area contributed by atoms with Gasteiger partial charge in [-0.05, 0) is 17.7 Å². The first-order chi connectivity index (χ1) is 9.96. The van der Waals surface area contributed by atoms with Gasteiger partial charge in [0, 0.05) is 12.3 Å². The summed E-state index contributed by atoms with van der Waals surface area (Å²) < 4.78 is 35.5. The molecule has 0 saturated carbocycles. The summed E-state index contributed by atoms with van der Waals surface area (Å²) >= 11 is 0. The highest BCUT2D eigenvalue weighted by Gasteiger charge is 2.25. The van der Waals surface area contributed by atoms with Crippen molar-refractivity contribution in [1.82, 2.24) is 0 Å². The van der Waals surface area contributed by atoms with Crippen molar-refractivity contribution in [3.8, 4) is 5.75 Å². The van der Waals surface area contributed by atoms with Crippen LogP contribution in [0.2, 0.25) is 0 Å². The zero-order valence-corrected chi connectivity index (χ0v) is 14.2. The number of carbonyl (C=O) groups excluding carboxylic acids is 1. The smallest absolute Gasteiger partial charge is 0.302 e. The highest BCUT2D eigenvalue weighted by Crippen LogP contribution is 2.37. The van der Waals surface area contributed by atoms with E-state index >= 15 is 0 Å². The van der Waals surface area contributed by atoms with Crippen LogP contribution in [0.15, 0.2) is 12.1 Å². The molecule has 0 atom stereocenters. The highest BCUT2D eigenvalue weighted by atomic mass is 32.2. The van der Waals surface area contributed by atoms with Gasteiger partial charge in [0.15, 0.2) is 5.75 Å². The van der Waals surface area contributed by atoms with Crippen molar-refractivity contribution in [1.29, 1.82) is 0 Å². The molecule has 0 spiro atoms. The average molecular weight is 330 g/mol. The first kappa shape index (κ1) is 18.1. The fourth-order valence-corrected chi connectivity index (χ4v) is 2.46. The number of benzene rings is 1. The Morgan fingerprint density at radius 3 is 2.41 bits per heavy atom. The second-order valence-electron chi connectivity index (χ2n) is 5.68. The maximum absolute atomic E-state index is 11.5. The third kappa shape index (κ3) is 4.80. The Balaban J connectivity index is 3.30. The Bertz CT molecular complexity index is 668. The van der Waals surface area contributed by atoms with Gasteiger partial charge in [-0.3, -0.25) is 9.52 Å². The molecular formula is C14H22N2O5S. The standard InChI is InChI=1S/C14H22N2O5S/c1-9(17)21-8-14(2,3)10-6-11(15)13(20-4)12(7-10)16-22(5,18)19/h6-7,16H,8,15H2,1-5H3. The molecule has 0 amide bonds. The topological polar surface area (TPSA) is 108 Å². The summed E-state index contributed by atoms with van der Waals surface area (Å²) in [5, 5.41) is 0. The largest absolute Gasteiger partial charge is 0.492 e. The van der Waals surface area contributed by atoms with Crippen LogP contribution >= 0.6 is 0 Å². The molecular weight excluding hydrogens is 308 g/mol. The van der Waals surface area contributed by atoms with Crippen LogP contribution in [0.25, 0.3) is 0 Å². The molecule has 7 nitrogen and oxygen atoms in total. The quantitative estimate of drug-likeness (QED) is 0.604. The molecule has 1 aromatic carbocycles. The average Bonchev–Trinajstić information content (AvgIpc) is 2.34. The monoisotopic (exact) mass is 330 g/mol. The van der Waals surface area contributed by atoms with Crippen molar-refractivity contribution in [2.75, 3.05) is 30.4 Å². The van der Waals surface area contributed by atoms with Crippen LogP contribution in [0.3, 0.4) is 0 Å². The number of ether oxygens (including phenoxy) is 2. The maximum atomic E-state index is 11.5. The van der Waals surface area contributed by atoms with Gasteiger partial charge >= 0.3 is 5.97 Å². The SMILES string of the molecule is COc1c(N)cc(C(C)(C)COC(C)=O)cc1NS(C)(=O)=O. The Hall–Kier alpha value is -1.96. The Morgan fingerprint density at radius 1 is 1.36 bits per heavy atom. The summed E-state index contributed by atoms with van der Waals surface area (Å²) in [5.41, 5.74) is 6.66. The van der Waals surface area contributed by atoms with Gasteiger partial charge in [-0.1, -0.05) is 13.8 Å². The predicted octanol–water partition coefficient (Wildman–Crippen LogP) is 1.49. The number of rotatable bonds is 6. The van der Waals surface area contributed by atoms with Crippen LogP contribution in [0.5, 0.6) is 5.75 Å². The van der Waals surface area contributed by atoms with Crippen LogP contribution in [-0.2, 0) is 25.0 Å². The molecule has 3 N–H and O–H groups in total. The van der Waals surface area contributed by atoms with E-state index in [2.05, 4.69) is 4.72 Å². The van der Waals surface area contributed by atoms with E-state index in [9.17, 15) is 13.2 Å². The van der Waals surface area contributed by atoms with Gasteiger partial charge in [-0.15, -0.1) is 0 Å². The first-order valence-corrected chi connectivity index (χ1v) is 8.44. The van der Waals surface area contributed by atoms with Gasteiger partial charge in [0.1, 0.15) is 6.61 Å². The van der Waals surface area contributed by atoms with E-state index in [1.165, 1.54) is 14.0 Å². The molecule has 22 heavy (non-hydrogen) atoms. The van der Waals surface area contributed by atoms with Crippen LogP contribution in [0, 0.1) is 0 Å². The number of nitrogens with two attached hydrogens (primary N) is 1. The van der Waals surface area contributed by atoms with Gasteiger partial charge in [0.2, 0.25) is 10.0 Å². The fraction of sp³-hybridized carbons (Fsp3) is 0.500. The summed E-state index contributed by atoms with van der Waals surface area (Å²) in [6, 6.07) is 3.30. The Morgan fingerprint density at radius 2 is 1.95 bits per heavy atom. The van der Waals surface area contributed by atoms with Crippen molar-refractivity contribution in [2.45, 2.75) is 26.2 Å². The number of hydrogen-bond acceptors (Lipinski definition) is 6. The molecule has 1 rings (SSSR count).